The Morgan fingerprint density at radius 3 is 2.68 bits per heavy atom. The second-order valence-corrected chi connectivity index (χ2v) is 6.62. The van der Waals surface area contributed by atoms with Crippen molar-refractivity contribution >= 4 is 44.6 Å². The smallest absolute Gasteiger partial charge is 0.155 e. The van der Waals surface area contributed by atoms with Crippen molar-refractivity contribution in [1.29, 1.82) is 0 Å². The number of hydrogen-bond acceptors (Lipinski definition) is 4. The van der Waals surface area contributed by atoms with E-state index < -0.39 is 0 Å². The van der Waals surface area contributed by atoms with Crippen molar-refractivity contribution in [3.8, 4) is 0 Å². The van der Waals surface area contributed by atoms with Crippen LogP contribution in [0.4, 0.5) is 5.82 Å². The van der Waals surface area contributed by atoms with Gasteiger partial charge in [-0.2, -0.15) is 0 Å². The molecule has 0 aliphatic carbocycles. The van der Waals surface area contributed by atoms with E-state index in [1.54, 1.807) is 12.4 Å². The highest BCUT2D eigenvalue weighted by Gasteiger charge is 2.29. The maximum absolute atomic E-state index is 6.60. The summed E-state index contributed by atoms with van der Waals surface area (Å²) in [7, 11) is 0. The van der Waals surface area contributed by atoms with Crippen LogP contribution in [-0.4, -0.2) is 21.5 Å². The summed E-state index contributed by atoms with van der Waals surface area (Å²) in [4.78, 5) is 8.81. The van der Waals surface area contributed by atoms with Crippen LogP contribution >= 0.6 is 27.5 Å². The third-order valence-corrected chi connectivity index (χ3v) is 4.34. The minimum atomic E-state index is -0.385. The molecule has 6 heteroatoms. The van der Waals surface area contributed by atoms with E-state index in [0.29, 0.717) is 5.82 Å². The number of halogens is 2. The van der Waals surface area contributed by atoms with Crippen LogP contribution < -0.4 is 10.6 Å². The van der Waals surface area contributed by atoms with Crippen molar-refractivity contribution in [1.82, 2.24) is 15.3 Å². The SMILES string of the molecule is CC(C)NC1=C(c2ccccc2Br)C(Cl)Nc2nccnc21. The second-order valence-electron chi connectivity index (χ2n) is 5.33. The summed E-state index contributed by atoms with van der Waals surface area (Å²) >= 11 is 10.2. The highest BCUT2D eigenvalue weighted by Crippen LogP contribution is 2.39. The van der Waals surface area contributed by atoms with Crippen molar-refractivity contribution in [3.05, 3.63) is 52.4 Å². The topological polar surface area (TPSA) is 49.8 Å². The van der Waals surface area contributed by atoms with Gasteiger partial charge < -0.3 is 10.6 Å². The summed E-state index contributed by atoms with van der Waals surface area (Å²) in [5.41, 5.74) is 3.33. The largest absolute Gasteiger partial charge is 0.381 e. The van der Waals surface area contributed by atoms with Gasteiger partial charge in [-0.15, -0.1) is 0 Å². The first-order chi connectivity index (χ1) is 10.6. The standard InChI is InChI=1S/C16H16BrClN4/c1-9(2)21-13-12(10-5-3-4-6-11(10)17)15(18)22-16-14(13)19-7-8-20-16/h3-9,15,21H,1-2H3,(H,20,22). The Kier molecular flexibility index (Phi) is 4.36. The number of rotatable bonds is 3. The molecule has 4 nitrogen and oxygen atoms in total. The van der Waals surface area contributed by atoms with Gasteiger partial charge in [0.25, 0.3) is 0 Å². The average Bonchev–Trinajstić information content (AvgIpc) is 2.48. The van der Waals surface area contributed by atoms with Crippen molar-refractivity contribution in [2.45, 2.75) is 25.4 Å². The zero-order valence-electron chi connectivity index (χ0n) is 12.3. The van der Waals surface area contributed by atoms with Crippen molar-refractivity contribution in [3.63, 3.8) is 0 Å². The first-order valence-corrected chi connectivity index (χ1v) is 8.28. The summed E-state index contributed by atoms with van der Waals surface area (Å²) in [6.07, 6.45) is 3.35. The number of anilines is 1. The molecule has 1 aromatic heterocycles. The third kappa shape index (κ3) is 2.83. The average molecular weight is 380 g/mol. The van der Waals surface area contributed by atoms with E-state index in [1.807, 2.05) is 24.3 Å². The molecule has 2 heterocycles. The van der Waals surface area contributed by atoms with Gasteiger partial charge in [0.1, 0.15) is 11.2 Å². The minimum absolute atomic E-state index is 0.254. The van der Waals surface area contributed by atoms with Gasteiger partial charge in [-0.25, -0.2) is 9.97 Å². The first-order valence-electron chi connectivity index (χ1n) is 7.05. The van der Waals surface area contributed by atoms with Gasteiger partial charge in [0, 0.05) is 28.5 Å². The highest BCUT2D eigenvalue weighted by molar-refractivity contribution is 9.10. The molecular weight excluding hydrogens is 364 g/mol. The molecule has 1 aliphatic rings. The summed E-state index contributed by atoms with van der Waals surface area (Å²) < 4.78 is 0.993. The lowest BCUT2D eigenvalue weighted by Gasteiger charge is -2.29. The molecule has 1 unspecified atom stereocenters. The maximum atomic E-state index is 6.60. The predicted molar refractivity (Wildman–Crippen MR) is 94.5 cm³/mol. The molecule has 2 aromatic rings. The van der Waals surface area contributed by atoms with E-state index in [9.17, 15) is 0 Å². The van der Waals surface area contributed by atoms with Gasteiger partial charge in [-0.05, 0) is 25.5 Å². The highest BCUT2D eigenvalue weighted by atomic mass is 79.9. The van der Waals surface area contributed by atoms with Crippen LogP contribution in [0.5, 0.6) is 0 Å². The monoisotopic (exact) mass is 378 g/mol. The van der Waals surface area contributed by atoms with Crippen LogP contribution in [0, 0.1) is 0 Å². The van der Waals surface area contributed by atoms with Gasteiger partial charge in [-0.1, -0.05) is 45.7 Å². The molecule has 3 rings (SSSR count). The molecule has 0 bridgehead atoms. The van der Waals surface area contributed by atoms with E-state index >= 15 is 0 Å². The molecule has 1 atom stereocenters. The molecule has 0 saturated carbocycles. The Morgan fingerprint density at radius 1 is 1.23 bits per heavy atom. The second kappa shape index (κ2) is 6.26. The molecule has 0 spiro atoms. The molecule has 2 N–H and O–H groups in total. The van der Waals surface area contributed by atoms with Gasteiger partial charge in [0.2, 0.25) is 0 Å². The first kappa shape index (κ1) is 15.3. The fourth-order valence-corrected chi connectivity index (χ4v) is 3.29. The van der Waals surface area contributed by atoms with Crippen molar-refractivity contribution in [2.24, 2.45) is 0 Å². The molecule has 1 aliphatic heterocycles. The van der Waals surface area contributed by atoms with Gasteiger partial charge in [0.05, 0.1) is 5.70 Å². The summed E-state index contributed by atoms with van der Waals surface area (Å²) in [5, 5.41) is 6.69. The van der Waals surface area contributed by atoms with E-state index in [1.165, 1.54) is 0 Å². The molecule has 0 saturated heterocycles. The summed E-state index contributed by atoms with van der Waals surface area (Å²) in [6, 6.07) is 8.28. The fourth-order valence-electron chi connectivity index (χ4n) is 2.46. The molecule has 0 amide bonds. The lowest BCUT2D eigenvalue weighted by Crippen LogP contribution is -2.31. The Balaban J connectivity index is 2.25. The normalized spacial score (nSPS) is 17.2. The third-order valence-electron chi connectivity index (χ3n) is 3.32. The van der Waals surface area contributed by atoms with Crippen LogP contribution in [0.25, 0.3) is 11.3 Å². The molecule has 0 radical (unpaired) electrons. The van der Waals surface area contributed by atoms with E-state index in [-0.39, 0.29) is 11.5 Å². The van der Waals surface area contributed by atoms with Crippen LogP contribution in [0.3, 0.4) is 0 Å². The Labute approximate surface area is 143 Å². The van der Waals surface area contributed by atoms with Crippen LogP contribution in [0.15, 0.2) is 41.1 Å². The van der Waals surface area contributed by atoms with Crippen LogP contribution in [0.2, 0.25) is 0 Å². The zero-order chi connectivity index (χ0) is 15.7. The Hall–Kier alpha value is -1.59. The van der Waals surface area contributed by atoms with E-state index in [0.717, 1.165) is 27.0 Å². The maximum Gasteiger partial charge on any atom is 0.155 e. The number of nitrogens with zero attached hydrogens (tertiary/aromatic N) is 2. The van der Waals surface area contributed by atoms with Crippen molar-refractivity contribution < 1.29 is 0 Å². The van der Waals surface area contributed by atoms with Gasteiger partial charge in [0.15, 0.2) is 5.82 Å². The number of nitrogens with one attached hydrogen (secondary N) is 2. The van der Waals surface area contributed by atoms with Crippen LogP contribution in [0.1, 0.15) is 25.1 Å². The molecule has 1 aromatic carbocycles. The van der Waals surface area contributed by atoms with Crippen molar-refractivity contribution in [2.75, 3.05) is 5.32 Å². The number of aromatic nitrogens is 2. The van der Waals surface area contributed by atoms with Crippen LogP contribution in [-0.2, 0) is 0 Å². The fraction of sp³-hybridized carbons (Fsp3) is 0.250. The molecule has 0 fully saturated rings. The lowest BCUT2D eigenvalue weighted by atomic mass is 9.98. The zero-order valence-corrected chi connectivity index (χ0v) is 14.6. The minimum Gasteiger partial charge on any atom is -0.381 e. The number of fused-ring (bicyclic) bond motifs is 1. The molecular formula is C16H16BrClN4. The Bertz CT molecular complexity index is 730. The quantitative estimate of drug-likeness (QED) is 0.623. The van der Waals surface area contributed by atoms with E-state index in [2.05, 4.69) is 50.4 Å². The van der Waals surface area contributed by atoms with Gasteiger partial charge in [-0.3, -0.25) is 0 Å². The summed E-state index contributed by atoms with van der Waals surface area (Å²) in [6.45, 7) is 4.18. The van der Waals surface area contributed by atoms with Gasteiger partial charge >= 0.3 is 0 Å². The molecule has 114 valence electrons. The molecule has 22 heavy (non-hydrogen) atoms. The Morgan fingerprint density at radius 2 is 1.95 bits per heavy atom. The number of benzene rings is 1. The summed E-state index contributed by atoms with van der Waals surface area (Å²) in [5.74, 6) is 0.696. The predicted octanol–water partition coefficient (Wildman–Crippen LogP) is 4.10. The lowest BCUT2D eigenvalue weighted by molar-refractivity contribution is 0.713. The number of alkyl halides is 1. The van der Waals surface area contributed by atoms with E-state index in [4.69, 9.17) is 11.6 Å². The number of hydrogen-bond donors (Lipinski definition) is 2.